The Labute approximate surface area is 124 Å². The summed E-state index contributed by atoms with van der Waals surface area (Å²) in [7, 11) is 0. The Morgan fingerprint density at radius 3 is 2.19 bits per heavy atom. The summed E-state index contributed by atoms with van der Waals surface area (Å²) in [6.45, 7) is 1.45. The minimum atomic E-state index is -0.812. The molecule has 0 bridgehead atoms. The van der Waals surface area contributed by atoms with Crippen molar-refractivity contribution < 1.29 is 19.8 Å². The van der Waals surface area contributed by atoms with Gasteiger partial charge >= 0.3 is 5.97 Å². The fourth-order valence-electron chi connectivity index (χ4n) is 2.78. The molecule has 21 heavy (non-hydrogen) atoms. The standard InChI is InChI=1S/C15H22N2O4/c1-11(18)12(10-16)13(19)17-9-8-15(14(20)21)6-4-2-3-5-7-15/h18H,2-9H2,1H3,(H,17,19)(H,20,21)/b12-11-. The van der Waals surface area contributed by atoms with Crippen LogP contribution in [0.15, 0.2) is 11.3 Å². The van der Waals surface area contributed by atoms with Crippen molar-refractivity contribution in [3.63, 3.8) is 0 Å². The monoisotopic (exact) mass is 294 g/mol. The number of nitriles is 1. The number of rotatable bonds is 5. The van der Waals surface area contributed by atoms with Crippen LogP contribution in [0.5, 0.6) is 0 Å². The number of carbonyl (C=O) groups excluding carboxylic acids is 1. The van der Waals surface area contributed by atoms with Crippen LogP contribution in [-0.4, -0.2) is 28.6 Å². The number of nitrogens with one attached hydrogen (secondary N) is 1. The van der Waals surface area contributed by atoms with Gasteiger partial charge in [0.05, 0.1) is 5.41 Å². The van der Waals surface area contributed by atoms with Gasteiger partial charge in [0.2, 0.25) is 0 Å². The summed E-state index contributed by atoms with van der Waals surface area (Å²) in [6, 6.07) is 1.63. The van der Waals surface area contributed by atoms with Crippen molar-refractivity contribution in [2.45, 2.75) is 51.9 Å². The molecule has 1 aliphatic rings. The van der Waals surface area contributed by atoms with Gasteiger partial charge in [-0.1, -0.05) is 25.7 Å². The number of carbonyl (C=O) groups is 2. The third-order valence-electron chi connectivity index (χ3n) is 4.10. The van der Waals surface area contributed by atoms with E-state index in [2.05, 4.69) is 5.32 Å². The number of aliphatic carboxylic acids is 1. The first-order chi connectivity index (χ1) is 9.93. The molecule has 1 amide bonds. The molecule has 0 atom stereocenters. The molecule has 1 aliphatic carbocycles. The Morgan fingerprint density at radius 1 is 1.19 bits per heavy atom. The molecule has 0 unspecified atom stereocenters. The summed E-state index contributed by atoms with van der Waals surface area (Å²) in [6.07, 6.45) is 5.46. The maximum Gasteiger partial charge on any atom is 0.309 e. The molecular weight excluding hydrogens is 272 g/mol. The zero-order valence-electron chi connectivity index (χ0n) is 12.3. The summed E-state index contributed by atoms with van der Waals surface area (Å²) in [4.78, 5) is 23.3. The first-order valence-electron chi connectivity index (χ1n) is 7.24. The number of carboxylic acids is 1. The van der Waals surface area contributed by atoms with E-state index >= 15 is 0 Å². The summed E-state index contributed by atoms with van der Waals surface area (Å²) in [5, 5.41) is 30.0. The van der Waals surface area contributed by atoms with Crippen molar-refractivity contribution in [1.82, 2.24) is 5.32 Å². The Morgan fingerprint density at radius 2 is 1.76 bits per heavy atom. The van der Waals surface area contributed by atoms with Crippen LogP contribution in [0.4, 0.5) is 0 Å². The van der Waals surface area contributed by atoms with Crippen LogP contribution >= 0.6 is 0 Å². The zero-order chi connectivity index (χ0) is 15.9. The average Bonchev–Trinajstić information content (AvgIpc) is 2.65. The maximum atomic E-state index is 11.7. The van der Waals surface area contributed by atoms with Crippen molar-refractivity contribution in [2.24, 2.45) is 5.41 Å². The number of hydrogen-bond acceptors (Lipinski definition) is 4. The van der Waals surface area contributed by atoms with Crippen LogP contribution in [0, 0.1) is 16.7 Å². The summed E-state index contributed by atoms with van der Waals surface area (Å²) in [5.74, 6) is -1.81. The van der Waals surface area contributed by atoms with Gasteiger partial charge in [0, 0.05) is 6.54 Å². The van der Waals surface area contributed by atoms with Gasteiger partial charge in [-0.15, -0.1) is 0 Å². The lowest BCUT2D eigenvalue weighted by Crippen LogP contribution is -2.36. The molecule has 0 saturated heterocycles. The molecular formula is C15H22N2O4. The SMILES string of the molecule is C/C(O)=C(\C#N)C(=O)NCCC1(C(=O)O)CCCCCC1. The van der Waals surface area contributed by atoms with Gasteiger partial charge in [-0.25, -0.2) is 0 Å². The minimum Gasteiger partial charge on any atom is -0.511 e. The molecule has 3 N–H and O–H groups in total. The van der Waals surface area contributed by atoms with Crippen LogP contribution in [0.1, 0.15) is 51.9 Å². The summed E-state index contributed by atoms with van der Waals surface area (Å²) in [5.41, 5.74) is -1.12. The number of allylic oxidation sites excluding steroid dienone is 1. The number of nitrogens with zero attached hydrogens (tertiary/aromatic N) is 1. The van der Waals surface area contributed by atoms with Crippen molar-refractivity contribution >= 4 is 11.9 Å². The van der Waals surface area contributed by atoms with E-state index in [1.807, 2.05) is 0 Å². The second-order valence-corrected chi connectivity index (χ2v) is 5.58. The minimum absolute atomic E-state index is 0.184. The average molecular weight is 294 g/mol. The van der Waals surface area contributed by atoms with Crippen LogP contribution in [-0.2, 0) is 9.59 Å². The predicted octanol–water partition coefficient (Wildman–Crippen LogP) is 2.27. The Bertz CT molecular complexity index is 465. The van der Waals surface area contributed by atoms with Gasteiger partial charge < -0.3 is 15.5 Å². The molecule has 1 fully saturated rings. The highest BCUT2D eigenvalue weighted by Gasteiger charge is 2.38. The van der Waals surface area contributed by atoms with Crippen LogP contribution in [0.3, 0.4) is 0 Å². The van der Waals surface area contributed by atoms with Gasteiger partial charge in [-0.3, -0.25) is 9.59 Å². The summed E-state index contributed by atoms with van der Waals surface area (Å²) >= 11 is 0. The van der Waals surface area contributed by atoms with E-state index in [0.717, 1.165) is 25.7 Å². The lowest BCUT2D eigenvalue weighted by Gasteiger charge is -2.28. The number of aliphatic hydroxyl groups excluding tert-OH is 1. The lowest BCUT2D eigenvalue weighted by molar-refractivity contribution is -0.150. The Hall–Kier alpha value is -2.03. The van der Waals surface area contributed by atoms with Crippen LogP contribution < -0.4 is 5.32 Å². The highest BCUT2D eigenvalue weighted by molar-refractivity contribution is 5.97. The topological polar surface area (TPSA) is 110 Å². The Balaban J connectivity index is 2.63. The fourth-order valence-corrected chi connectivity index (χ4v) is 2.78. The number of hydrogen-bond donors (Lipinski definition) is 3. The molecule has 0 spiro atoms. The third kappa shape index (κ3) is 4.48. The van der Waals surface area contributed by atoms with Crippen molar-refractivity contribution in [3.8, 4) is 6.07 Å². The smallest absolute Gasteiger partial charge is 0.309 e. The number of amides is 1. The maximum absolute atomic E-state index is 11.7. The van der Waals surface area contributed by atoms with Crippen LogP contribution in [0.2, 0.25) is 0 Å². The Kier molecular flexibility index (Phi) is 6.22. The van der Waals surface area contributed by atoms with Gasteiger partial charge in [0.1, 0.15) is 11.8 Å². The van der Waals surface area contributed by atoms with E-state index in [4.69, 9.17) is 5.26 Å². The summed E-state index contributed by atoms with van der Waals surface area (Å²) < 4.78 is 0. The molecule has 6 heteroatoms. The third-order valence-corrected chi connectivity index (χ3v) is 4.10. The van der Waals surface area contributed by atoms with E-state index in [0.29, 0.717) is 19.3 Å². The normalized spacial score (nSPS) is 18.9. The van der Waals surface area contributed by atoms with E-state index in [1.165, 1.54) is 6.92 Å². The van der Waals surface area contributed by atoms with E-state index in [1.54, 1.807) is 6.07 Å². The second-order valence-electron chi connectivity index (χ2n) is 5.58. The molecule has 0 aromatic heterocycles. The first-order valence-corrected chi connectivity index (χ1v) is 7.24. The van der Waals surface area contributed by atoms with Gasteiger partial charge in [-0.05, 0) is 26.2 Å². The fraction of sp³-hybridized carbons (Fsp3) is 0.667. The number of aliphatic hydroxyl groups is 1. The molecule has 116 valence electrons. The molecule has 1 rings (SSSR count). The van der Waals surface area contributed by atoms with Gasteiger partial charge in [-0.2, -0.15) is 5.26 Å². The highest BCUT2D eigenvalue weighted by atomic mass is 16.4. The second kappa shape index (κ2) is 7.67. The number of carboxylic acid groups (broad SMARTS) is 1. The molecule has 0 aromatic rings. The van der Waals surface area contributed by atoms with Crippen LogP contribution in [0.25, 0.3) is 0 Å². The molecule has 0 radical (unpaired) electrons. The highest BCUT2D eigenvalue weighted by Crippen LogP contribution is 2.38. The zero-order valence-corrected chi connectivity index (χ0v) is 12.3. The largest absolute Gasteiger partial charge is 0.511 e. The van der Waals surface area contributed by atoms with Crippen molar-refractivity contribution in [1.29, 1.82) is 5.26 Å². The van der Waals surface area contributed by atoms with E-state index in [-0.39, 0.29) is 17.9 Å². The molecule has 1 saturated carbocycles. The van der Waals surface area contributed by atoms with E-state index in [9.17, 15) is 19.8 Å². The predicted molar refractivity (Wildman–Crippen MR) is 76.3 cm³/mol. The van der Waals surface area contributed by atoms with Gasteiger partial charge in [0.25, 0.3) is 5.91 Å². The molecule has 0 aromatic carbocycles. The molecule has 6 nitrogen and oxygen atoms in total. The molecule has 0 heterocycles. The van der Waals surface area contributed by atoms with Gasteiger partial charge in [0.15, 0.2) is 5.57 Å². The first kappa shape index (κ1) is 17.0. The quantitative estimate of drug-likeness (QED) is 0.312. The van der Waals surface area contributed by atoms with Crippen molar-refractivity contribution in [2.75, 3.05) is 6.54 Å². The van der Waals surface area contributed by atoms with E-state index < -0.39 is 17.3 Å². The lowest BCUT2D eigenvalue weighted by atomic mass is 9.77. The molecule has 0 aliphatic heterocycles. The van der Waals surface area contributed by atoms with Crippen molar-refractivity contribution in [3.05, 3.63) is 11.3 Å².